The molecule has 2 aromatic rings. The first kappa shape index (κ1) is 20.7. The lowest BCUT2D eigenvalue weighted by Gasteiger charge is -2.40. The molecule has 0 aromatic heterocycles. The van der Waals surface area contributed by atoms with E-state index in [-0.39, 0.29) is 5.84 Å². The number of halogens is 1. The predicted octanol–water partition coefficient (Wildman–Crippen LogP) is 0.730. The van der Waals surface area contributed by atoms with E-state index in [4.69, 9.17) is 27.5 Å². The zero-order chi connectivity index (χ0) is 20.4. The van der Waals surface area contributed by atoms with Crippen molar-refractivity contribution < 1.29 is 25.2 Å². The third-order valence-electron chi connectivity index (χ3n) is 4.95. The number of amidine groups is 1. The second-order valence-corrected chi connectivity index (χ2v) is 7.29. The molecule has 1 saturated heterocycles. The number of nitrogens with two attached hydrogens (primary N) is 1. The molecule has 2 aromatic carbocycles. The fourth-order valence-corrected chi connectivity index (χ4v) is 3.49. The largest absolute Gasteiger partial charge is 0.394 e. The lowest BCUT2D eigenvalue weighted by Crippen LogP contribution is -2.55. The number of benzene rings is 2. The van der Waals surface area contributed by atoms with Gasteiger partial charge in [-0.15, -0.1) is 0 Å². The molecule has 7 N–H and O–H groups in total. The van der Waals surface area contributed by atoms with Crippen molar-refractivity contribution in [3.05, 3.63) is 69.7 Å². The van der Waals surface area contributed by atoms with Crippen LogP contribution >= 0.6 is 11.6 Å². The number of nitrogens with one attached hydrogen (secondary N) is 1. The van der Waals surface area contributed by atoms with Gasteiger partial charge in [-0.2, -0.15) is 0 Å². The number of aliphatic hydroxyl groups is 4. The molecule has 3 rings (SSSR count). The van der Waals surface area contributed by atoms with Crippen LogP contribution in [0.4, 0.5) is 0 Å². The molecule has 8 heteroatoms. The molecule has 0 amide bonds. The maximum atomic E-state index is 10.3. The Bertz CT molecular complexity index is 843. The highest BCUT2D eigenvalue weighted by molar-refractivity contribution is 6.31. The molecule has 1 aliphatic heterocycles. The van der Waals surface area contributed by atoms with E-state index in [2.05, 4.69) is 0 Å². The predicted molar refractivity (Wildman–Crippen MR) is 104 cm³/mol. The smallest absolute Gasteiger partial charge is 0.122 e. The van der Waals surface area contributed by atoms with Crippen LogP contribution < -0.4 is 5.73 Å². The Kier molecular flexibility index (Phi) is 6.34. The van der Waals surface area contributed by atoms with Gasteiger partial charge in [-0.05, 0) is 29.2 Å². The number of aliphatic hydroxyl groups excluding tert-OH is 4. The second-order valence-electron chi connectivity index (χ2n) is 6.89. The average Bonchev–Trinajstić information content (AvgIpc) is 2.69. The van der Waals surface area contributed by atoms with Gasteiger partial charge in [0.05, 0.1) is 6.61 Å². The summed E-state index contributed by atoms with van der Waals surface area (Å²) in [6.45, 7) is -0.482. The van der Waals surface area contributed by atoms with Crippen LogP contribution in [0.5, 0.6) is 0 Å². The van der Waals surface area contributed by atoms with Crippen molar-refractivity contribution in [1.82, 2.24) is 0 Å². The van der Waals surface area contributed by atoms with E-state index >= 15 is 0 Å². The lowest BCUT2D eigenvalue weighted by molar-refractivity contribution is -0.231. The highest BCUT2D eigenvalue weighted by atomic mass is 35.5. The third kappa shape index (κ3) is 4.20. The van der Waals surface area contributed by atoms with Crippen LogP contribution in [0.15, 0.2) is 42.5 Å². The van der Waals surface area contributed by atoms with Gasteiger partial charge in [0.2, 0.25) is 0 Å². The van der Waals surface area contributed by atoms with Crippen molar-refractivity contribution in [2.45, 2.75) is 36.9 Å². The normalized spacial score (nSPS) is 27.5. The molecule has 1 aliphatic rings. The molecule has 0 aliphatic carbocycles. The molecule has 7 nitrogen and oxygen atoms in total. The average molecular weight is 407 g/mol. The van der Waals surface area contributed by atoms with Crippen LogP contribution in [0.2, 0.25) is 5.02 Å². The van der Waals surface area contributed by atoms with Gasteiger partial charge >= 0.3 is 0 Å². The van der Waals surface area contributed by atoms with Crippen molar-refractivity contribution in [1.29, 1.82) is 5.41 Å². The van der Waals surface area contributed by atoms with Crippen molar-refractivity contribution >= 4 is 17.4 Å². The topological polar surface area (TPSA) is 140 Å². The van der Waals surface area contributed by atoms with Gasteiger partial charge in [-0.25, -0.2) is 0 Å². The zero-order valence-electron chi connectivity index (χ0n) is 15.0. The van der Waals surface area contributed by atoms with Crippen molar-refractivity contribution in [3.8, 4) is 0 Å². The zero-order valence-corrected chi connectivity index (χ0v) is 15.8. The van der Waals surface area contributed by atoms with Crippen LogP contribution in [-0.4, -0.2) is 57.3 Å². The van der Waals surface area contributed by atoms with Gasteiger partial charge in [0.1, 0.15) is 36.4 Å². The Morgan fingerprint density at radius 1 is 1.04 bits per heavy atom. The summed E-state index contributed by atoms with van der Waals surface area (Å²) < 4.78 is 5.61. The van der Waals surface area contributed by atoms with Crippen molar-refractivity contribution in [2.75, 3.05) is 6.61 Å². The molecular weight excluding hydrogens is 384 g/mol. The summed E-state index contributed by atoms with van der Waals surface area (Å²) >= 11 is 6.32. The van der Waals surface area contributed by atoms with Crippen LogP contribution in [0.25, 0.3) is 0 Å². The maximum absolute atomic E-state index is 10.3. The van der Waals surface area contributed by atoms with Gasteiger partial charge in [-0.3, -0.25) is 5.41 Å². The van der Waals surface area contributed by atoms with Crippen molar-refractivity contribution in [3.63, 3.8) is 0 Å². The van der Waals surface area contributed by atoms with Crippen molar-refractivity contribution in [2.24, 2.45) is 5.73 Å². The minimum atomic E-state index is -1.44. The second kappa shape index (κ2) is 8.57. The van der Waals surface area contributed by atoms with E-state index in [1.165, 1.54) is 0 Å². The highest BCUT2D eigenvalue weighted by Gasteiger charge is 2.43. The molecular formula is C20H23ClN2O5. The molecule has 1 heterocycles. The van der Waals surface area contributed by atoms with Gasteiger partial charge < -0.3 is 30.9 Å². The van der Waals surface area contributed by atoms with Gasteiger partial charge in [-0.1, -0.05) is 48.0 Å². The SMILES string of the molecule is N=C(N)c1ccc(Cc2cc(C3OC(CO)C(O)C(O)C3O)ccc2Cl)cc1. The number of hydrogen-bond donors (Lipinski definition) is 6. The highest BCUT2D eigenvalue weighted by Crippen LogP contribution is 2.34. The van der Waals surface area contributed by atoms with E-state index in [1.807, 2.05) is 12.1 Å². The molecule has 0 spiro atoms. The standard InChI is InChI=1S/C20H23ClN2O5/c21-14-6-5-12(19-18(27)17(26)16(25)15(9-24)28-19)8-13(14)7-10-1-3-11(4-2-10)20(22)23/h1-6,8,15-19,24-27H,7,9H2,(H3,22,23). The summed E-state index contributed by atoms with van der Waals surface area (Å²) in [4.78, 5) is 0. The van der Waals surface area contributed by atoms with E-state index in [0.29, 0.717) is 22.6 Å². The summed E-state index contributed by atoms with van der Waals surface area (Å²) in [5.74, 6) is -0.00537. The number of rotatable bonds is 5. The molecule has 28 heavy (non-hydrogen) atoms. The molecule has 0 radical (unpaired) electrons. The Balaban J connectivity index is 1.85. The molecule has 1 fully saturated rings. The van der Waals surface area contributed by atoms with Gasteiger partial charge in [0.25, 0.3) is 0 Å². The summed E-state index contributed by atoms with van der Waals surface area (Å²) in [7, 11) is 0. The number of ether oxygens (including phenoxy) is 1. The van der Waals surface area contributed by atoms with Crippen LogP contribution in [0.3, 0.4) is 0 Å². The monoisotopic (exact) mass is 406 g/mol. The summed E-state index contributed by atoms with van der Waals surface area (Å²) in [5, 5.41) is 47.6. The molecule has 5 unspecified atom stereocenters. The van der Waals surface area contributed by atoms with Gasteiger partial charge in [0.15, 0.2) is 0 Å². The Morgan fingerprint density at radius 3 is 2.32 bits per heavy atom. The first-order valence-corrected chi connectivity index (χ1v) is 9.21. The Morgan fingerprint density at radius 2 is 1.71 bits per heavy atom. The van der Waals surface area contributed by atoms with E-state index in [9.17, 15) is 20.4 Å². The number of nitrogen functional groups attached to an aromatic ring is 1. The fourth-order valence-electron chi connectivity index (χ4n) is 3.31. The Labute approximate surface area is 167 Å². The van der Waals surface area contributed by atoms with Crippen LogP contribution in [0.1, 0.15) is 28.4 Å². The summed E-state index contributed by atoms with van der Waals surface area (Å²) in [6.07, 6.45) is -5.56. The minimum Gasteiger partial charge on any atom is -0.394 e. The van der Waals surface area contributed by atoms with Crippen LogP contribution in [0, 0.1) is 5.41 Å². The summed E-state index contributed by atoms with van der Waals surface area (Å²) in [5.41, 5.74) is 8.42. The molecule has 0 bridgehead atoms. The maximum Gasteiger partial charge on any atom is 0.122 e. The van der Waals surface area contributed by atoms with E-state index in [0.717, 1.165) is 11.1 Å². The summed E-state index contributed by atoms with van der Waals surface area (Å²) in [6, 6.07) is 12.4. The Hall–Kier alpha value is -2.00. The molecule has 5 atom stereocenters. The van der Waals surface area contributed by atoms with Crippen LogP contribution in [-0.2, 0) is 11.2 Å². The first-order chi connectivity index (χ1) is 13.3. The van der Waals surface area contributed by atoms with Gasteiger partial charge in [0, 0.05) is 10.6 Å². The first-order valence-electron chi connectivity index (χ1n) is 8.84. The quantitative estimate of drug-likeness (QED) is 0.319. The number of hydrogen-bond acceptors (Lipinski definition) is 6. The van der Waals surface area contributed by atoms with E-state index < -0.39 is 37.1 Å². The third-order valence-corrected chi connectivity index (χ3v) is 5.32. The minimum absolute atomic E-state index is 0.00537. The fraction of sp³-hybridized carbons (Fsp3) is 0.350. The molecule has 0 saturated carbocycles. The van der Waals surface area contributed by atoms with E-state index in [1.54, 1.807) is 30.3 Å². The molecule has 150 valence electrons. The lowest BCUT2D eigenvalue weighted by atomic mass is 9.90.